The topological polar surface area (TPSA) is 86.8 Å². The molecule has 1 N–H and O–H groups in total. The number of aryl methyl sites for hydroxylation is 1. The summed E-state index contributed by atoms with van der Waals surface area (Å²) >= 11 is 19.0. The second-order valence-corrected chi connectivity index (χ2v) is 15.1. The molecule has 4 rings (SSSR count). The minimum Gasteiger partial charge on any atom is -0.350 e. The lowest BCUT2D eigenvalue weighted by Gasteiger charge is -2.35. The predicted octanol–water partition coefficient (Wildman–Crippen LogP) is 7.71. The van der Waals surface area contributed by atoms with Gasteiger partial charge in [0.1, 0.15) is 12.6 Å². The van der Waals surface area contributed by atoms with E-state index in [1.54, 1.807) is 61.5 Å². The first-order valence-corrected chi connectivity index (χ1v) is 17.2. The SMILES string of the molecule is Cc1cc(Cl)ccc1N(CC(=O)N(Cc1ccc(Cl)cc1Cl)[C@@H](Cc1ccccc1)C(=O)NC(C)(C)C)S(=O)(=O)c1ccccc1. The zero-order valence-corrected chi connectivity index (χ0v) is 29.1. The maximum absolute atomic E-state index is 14.6. The van der Waals surface area contributed by atoms with Crippen LogP contribution in [0.3, 0.4) is 0 Å². The van der Waals surface area contributed by atoms with Crippen LogP contribution in [0.5, 0.6) is 0 Å². The number of anilines is 1. The molecular formula is C35H36Cl3N3O4S. The van der Waals surface area contributed by atoms with Crippen LogP contribution < -0.4 is 9.62 Å². The van der Waals surface area contributed by atoms with E-state index in [-0.39, 0.29) is 23.5 Å². The molecule has 242 valence electrons. The largest absolute Gasteiger partial charge is 0.350 e. The highest BCUT2D eigenvalue weighted by molar-refractivity contribution is 7.92. The molecule has 2 amide bonds. The van der Waals surface area contributed by atoms with Crippen molar-refractivity contribution in [1.29, 1.82) is 0 Å². The third-order valence-electron chi connectivity index (χ3n) is 7.16. The smallest absolute Gasteiger partial charge is 0.264 e. The summed E-state index contributed by atoms with van der Waals surface area (Å²) in [7, 11) is -4.24. The molecule has 0 aliphatic carbocycles. The predicted molar refractivity (Wildman–Crippen MR) is 186 cm³/mol. The average molecular weight is 701 g/mol. The maximum atomic E-state index is 14.6. The van der Waals surface area contributed by atoms with Crippen LogP contribution in [0, 0.1) is 6.92 Å². The van der Waals surface area contributed by atoms with Crippen LogP contribution in [0.15, 0.2) is 102 Å². The highest BCUT2D eigenvalue weighted by atomic mass is 35.5. The van der Waals surface area contributed by atoms with Gasteiger partial charge in [-0.05, 0) is 86.8 Å². The highest BCUT2D eigenvalue weighted by Gasteiger charge is 2.36. The lowest BCUT2D eigenvalue weighted by Crippen LogP contribution is -2.56. The van der Waals surface area contributed by atoms with E-state index in [1.165, 1.54) is 17.0 Å². The summed E-state index contributed by atoms with van der Waals surface area (Å²) in [6.45, 7) is 6.60. The number of carbonyl (C=O) groups excluding carboxylic acids is 2. The molecule has 0 spiro atoms. The minimum absolute atomic E-state index is 0.00996. The minimum atomic E-state index is -4.24. The van der Waals surface area contributed by atoms with Gasteiger partial charge in [0, 0.05) is 33.6 Å². The Hall–Kier alpha value is -3.56. The van der Waals surface area contributed by atoms with Crippen molar-refractivity contribution in [2.75, 3.05) is 10.8 Å². The lowest BCUT2D eigenvalue weighted by atomic mass is 10.0. The number of carbonyl (C=O) groups is 2. The second-order valence-electron chi connectivity index (χ2n) is 12.0. The quantitative estimate of drug-likeness (QED) is 0.174. The molecule has 4 aromatic rings. The summed E-state index contributed by atoms with van der Waals surface area (Å²) in [5.74, 6) is -1.00. The Morgan fingerprint density at radius 1 is 0.826 bits per heavy atom. The van der Waals surface area contributed by atoms with E-state index in [1.807, 2.05) is 51.1 Å². The number of halogens is 3. The van der Waals surface area contributed by atoms with Gasteiger partial charge in [-0.2, -0.15) is 0 Å². The van der Waals surface area contributed by atoms with Crippen molar-refractivity contribution in [1.82, 2.24) is 10.2 Å². The summed E-state index contributed by atoms with van der Waals surface area (Å²) in [4.78, 5) is 30.0. The van der Waals surface area contributed by atoms with Gasteiger partial charge in [0.05, 0.1) is 10.6 Å². The van der Waals surface area contributed by atoms with Gasteiger partial charge >= 0.3 is 0 Å². The Morgan fingerprint density at radius 2 is 1.41 bits per heavy atom. The van der Waals surface area contributed by atoms with Crippen LogP contribution >= 0.6 is 34.8 Å². The number of hydrogen-bond donors (Lipinski definition) is 1. The Kier molecular flexibility index (Phi) is 11.4. The van der Waals surface area contributed by atoms with E-state index < -0.39 is 40.0 Å². The number of sulfonamides is 1. The Morgan fingerprint density at radius 3 is 2.00 bits per heavy atom. The molecule has 0 aromatic heterocycles. The molecule has 0 radical (unpaired) electrons. The molecular weight excluding hydrogens is 665 g/mol. The first kappa shape index (κ1) is 35.3. The molecule has 7 nitrogen and oxygen atoms in total. The van der Waals surface area contributed by atoms with Crippen molar-refractivity contribution in [3.8, 4) is 0 Å². The molecule has 0 saturated carbocycles. The number of rotatable bonds is 11. The van der Waals surface area contributed by atoms with E-state index in [0.717, 1.165) is 9.87 Å². The van der Waals surface area contributed by atoms with Crippen molar-refractivity contribution in [3.63, 3.8) is 0 Å². The summed E-state index contributed by atoms with van der Waals surface area (Å²) < 4.78 is 29.4. The fraction of sp³-hybridized carbons (Fsp3) is 0.257. The molecule has 0 fully saturated rings. The molecule has 0 bridgehead atoms. The molecule has 0 aliphatic rings. The fourth-order valence-electron chi connectivity index (χ4n) is 4.97. The maximum Gasteiger partial charge on any atom is 0.264 e. The summed E-state index contributed by atoms with van der Waals surface area (Å²) in [5.41, 5.74) is 1.59. The summed E-state index contributed by atoms with van der Waals surface area (Å²) in [5, 5.41) is 4.15. The molecule has 0 heterocycles. The normalized spacial score (nSPS) is 12.3. The van der Waals surface area contributed by atoms with Crippen LogP contribution in [0.2, 0.25) is 15.1 Å². The van der Waals surface area contributed by atoms with E-state index in [0.29, 0.717) is 26.2 Å². The van der Waals surface area contributed by atoms with Crippen molar-refractivity contribution in [2.24, 2.45) is 0 Å². The van der Waals surface area contributed by atoms with Crippen molar-refractivity contribution < 1.29 is 18.0 Å². The zero-order chi connectivity index (χ0) is 33.6. The van der Waals surface area contributed by atoms with Gasteiger partial charge in [0.25, 0.3) is 10.0 Å². The fourth-order valence-corrected chi connectivity index (χ4v) is 7.17. The standard InChI is InChI=1S/C35H36Cl3N3O4S/c1-24-19-27(36)17-18-31(24)41(46(44,45)29-13-9-6-10-14-29)23-33(42)40(22-26-15-16-28(37)21-30(26)38)32(34(43)39-35(2,3)4)20-25-11-7-5-8-12-25/h5-19,21,32H,20,22-23H2,1-4H3,(H,39,43)/t32-/m0/s1. The molecule has 1 atom stereocenters. The number of amides is 2. The third-order valence-corrected chi connectivity index (χ3v) is 9.76. The number of nitrogens with zero attached hydrogens (tertiary/aromatic N) is 2. The van der Waals surface area contributed by atoms with Crippen molar-refractivity contribution in [3.05, 3.63) is 129 Å². The van der Waals surface area contributed by atoms with Gasteiger partial charge in [-0.15, -0.1) is 0 Å². The number of hydrogen-bond acceptors (Lipinski definition) is 4. The van der Waals surface area contributed by atoms with E-state index in [2.05, 4.69) is 5.32 Å². The van der Waals surface area contributed by atoms with Gasteiger partial charge in [-0.1, -0.05) is 89.4 Å². The molecule has 4 aromatic carbocycles. The molecule has 11 heteroatoms. The second kappa shape index (κ2) is 14.9. The first-order chi connectivity index (χ1) is 21.7. The van der Waals surface area contributed by atoms with Crippen LogP contribution in [0.25, 0.3) is 0 Å². The Labute approximate surface area is 286 Å². The molecule has 46 heavy (non-hydrogen) atoms. The van der Waals surface area contributed by atoms with Gasteiger partial charge < -0.3 is 10.2 Å². The van der Waals surface area contributed by atoms with Crippen molar-refractivity contribution in [2.45, 2.75) is 57.1 Å². The Bertz CT molecular complexity index is 1800. The van der Waals surface area contributed by atoms with Gasteiger partial charge in [0.2, 0.25) is 11.8 Å². The van der Waals surface area contributed by atoms with Crippen molar-refractivity contribution >= 4 is 62.3 Å². The van der Waals surface area contributed by atoms with E-state index in [4.69, 9.17) is 34.8 Å². The average Bonchev–Trinajstić information content (AvgIpc) is 2.99. The zero-order valence-electron chi connectivity index (χ0n) is 26.0. The van der Waals surface area contributed by atoms with Crippen LogP contribution in [-0.4, -0.2) is 43.3 Å². The lowest BCUT2D eigenvalue weighted by molar-refractivity contribution is -0.140. The van der Waals surface area contributed by atoms with Gasteiger partial charge in [-0.3, -0.25) is 13.9 Å². The number of nitrogens with one attached hydrogen (secondary N) is 1. The summed E-state index contributed by atoms with van der Waals surface area (Å²) in [6, 6.07) is 25.9. The highest BCUT2D eigenvalue weighted by Crippen LogP contribution is 2.30. The van der Waals surface area contributed by atoms with Crippen LogP contribution in [0.4, 0.5) is 5.69 Å². The van der Waals surface area contributed by atoms with Crippen LogP contribution in [0.1, 0.15) is 37.5 Å². The van der Waals surface area contributed by atoms with Crippen LogP contribution in [-0.2, 0) is 32.6 Å². The molecule has 0 unspecified atom stereocenters. The Balaban J connectivity index is 1.86. The summed E-state index contributed by atoms with van der Waals surface area (Å²) in [6.07, 6.45) is 0.172. The monoisotopic (exact) mass is 699 g/mol. The van der Waals surface area contributed by atoms with Gasteiger partial charge in [-0.25, -0.2) is 8.42 Å². The molecule has 0 aliphatic heterocycles. The van der Waals surface area contributed by atoms with E-state index in [9.17, 15) is 18.0 Å². The first-order valence-electron chi connectivity index (χ1n) is 14.6. The van der Waals surface area contributed by atoms with Gasteiger partial charge in [0.15, 0.2) is 0 Å². The molecule has 0 saturated heterocycles. The van der Waals surface area contributed by atoms with E-state index >= 15 is 0 Å². The third kappa shape index (κ3) is 9.04. The number of benzene rings is 4.